The summed E-state index contributed by atoms with van der Waals surface area (Å²) in [4.78, 5) is 9.05. The van der Waals surface area contributed by atoms with E-state index >= 15 is 0 Å². The molecular weight excluding hydrogens is 334 g/mol. The Bertz CT molecular complexity index is 875. The topological polar surface area (TPSA) is 69.2 Å². The maximum Gasteiger partial charge on any atom is 0.241 e. The van der Waals surface area contributed by atoms with Gasteiger partial charge in [-0.05, 0) is 23.6 Å². The number of aromatic nitrogens is 2. The monoisotopic (exact) mass is 351 g/mol. The summed E-state index contributed by atoms with van der Waals surface area (Å²) >= 11 is 1.62. The molecule has 1 aromatic carbocycles. The van der Waals surface area contributed by atoms with Gasteiger partial charge in [-0.1, -0.05) is 17.3 Å². The zero-order valence-electron chi connectivity index (χ0n) is 13.6. The Kier molecular flexibility index (Phi) is 4.46. The number of thiophene rings is 1. The summed E-state index contributed by atoms with van der Waals surface area (Å²) in [5.41, 5.74) is 2.74. The average Bonchev–Trinajstić information content (AvgIpc) is 3.34. The summed E-state index contributed by atoms with van der Waals surface area (Å²) in [6.07, 6.45) is 0. The number of para-hydroxylation sites is 1. The van der Waals surface area contributed by atoms with Crippen LogP contribution in [0.5, 0.6) is 0 Å². The van der Waals surface area contributed by atoms with Crippen molar-refractivity contribution in [1.29, 1.82) is 5.26 Å². The number of benzene rings is 1. The second kappa shape index (κ2) is 7.05. The predicted octanol–water partition coefficient (Wildman–Crippen LogP) is 2.99. The molecule has 0 atom stereocenters. The van der Waals surface area contributed by atoms with E-state index in [0.29, 0.717) is 18.3 Å². The Labute approximate surface area is 149 Å². The molecule has 0 saturated carbocycles. The van der Waals surface area contributed by atoms with Crippen LogP contribution < -0.4 is 4.90 Å². The van der Waals surface area contributed by atoms with Gasteiger partial charge in [0.2, 0.25) is 11.7 Å². The van der Waals surface area contributed by atoms with E-state index in [0.717, 1.165) is 43.0 Å². The van der Waals surface area contributed by atoms with E-state index in [2.05, 4.69) is 26.0 Å². The first kappa shape index (κ1) is 15.8. The SMILES string of the molecule is N#Cc1ccccc1N1CCN(Cc2nc(-c3ccsc3)no2)CC1. The highest BCUT2D eigenvalue weighted by molar-refractivity contribution is 7.08. The molecule has 1 fully saturated rings. The van der Waals surface area contributed by atoms with E-state index in [-0.39, 0.29) is 0 Å². The fourth-order valence-electron chi connectivity index (χ4n) is 3.01. The first-order valence-electron chi connectivity index (χ1n) is 8.15. The van der Waals surface area contributed by atoms with Crippen LogP contribution in [0.3, 0.4) is 0 Å². The van der Waals surface area contributed by atoms with Crippen molar-refractivity contribution >= 4 is 17.0 Å². The molecule has 4 rings (SSSR count). The van der Waals surface area contributed by atoms with Crippen LogP contribution in [-0.4, -0.2) is 41.2 Å². The van der Waals surface area contributed by atoms with Gasteiger partial charge in [0.15, 0.2) is 0 Å². The molecule has 126 valence electrons. The lowest BCUT2D eigenvalue weighted by molar-refractivity contribution is 0.215. The molecule has 6 nitrogen and oxygen atoms in total. The minimum Gasteiger partial charge on any atom is -0.368 e. The number of rotatable bonds is 4. The molecule has 1 aliphatic heterocycles. The summed E-state index contributed by atoms with van der Waals surface area (Å²) < 4.78 is 5.38. The van der Waals surface area contributed by atoms with E-state index in [1.165, 1.54) is 0 Å². The van der Waals surface area contributed by atoms with Crippen molar-refractivity contribution in [2.24, 2.45) is 0 Å². The Morgan fingerprint density at radius 2 is 2.00 bits per heavy atom. The lowest BCUT2D eigenvalue weighted by atomic mass is 10.1. The lowest BCUT2D eigenvalue weighted by Crippen LogP contribution is -2.46. The van der Waals surface area contributed by atoms with Gasteiger partial charge in [0.25, 0.3) is 0 Å². The molecule has 0 bridgehead atoms. The van der Waals surface area contributed by atoms with Crippen LogP contribution >= 0.6 is 11.3 Å². The summed E-state index contributed by atoms with van der Waals surface area (Å²) in [6, 6.07) is 12.0. The van der Waals surface area contributed by atoms with E-state index in [9.17, 15) is 5.26 Å². The second-order valence-corrected chi connectivity index (χ2v) is 6.70. The van der Waals surface area contributed by atoms with Gasteiger partial charge in [-0.2, -0.15) is 21.6 Å². The highest BCUT2D eigenvalue weighted by Gasteiger charge is 2.21. The smallest absolute Gasteiger partial charge is 0.241 e. The van der Waals surface area contributed by atoms with Crippen molar-refractivity contribution in [3.63, 3.8) is 0 Å². The van der Waals surface area contributed by atoms with Gasteiger partial charge < -0.3 is 9.42 Å². The molecule has 0 radical (unpaired) electrons. The molecule has 0 aliphatic carbocycles. The Morgan fingerprint density at radius 1 is 1.16 bits per heavy atom. The Morgan fingerprint density at radius 3 is 2.76 bits per heavy atom. The maximum absolute atomic E-state index is 9.26. The molecule has 0 spiro atoms. The number of nitriles is 1. The molecule has 1 aliphatic rings. The molecule has 1 saturated heterocycles. The van der Waals surface area contributed by atoms with Crippen molar-refractivity contribution < 1.29 is 4.52 Å². The lowest BCUT2D eigenvalue weighted by Gasteiger charge is -2.35. The molecule has 2 aromatic heterocycles. The molecule has 3 aromatic rings. The summed E-state index contributed by atoms with van der Waals surface area (Å²) in [6.45, 7) is 4.21. The minimum atomic E-state index is 0.645. The van der Waals surface area contributed by atoms with Crippen LogP contribution in [0.1, 0.15) is 11.5 Å². The van der Waals surface area contributed by atoms with E-state index < -0.39 is 0 Å². The van der Waals surface area contributed by atoms with Crippen LogP contribution in [0.25, 0.3) is 11.4 Å². The fraction of sp³-hybridized carbons (Fsp3) is 0.278. The van der Waals surface area contributed by atoms with Crippen LogP contribution in [0.2, 0.25) is 0 Å². The van der Waals surface area contributed by atoms with Gasteiger partial charge in [0.05, 0.1) is 17.8 Å². The fourth-order valence-corrected chi connectivity index (χ4v) is 3.64. The van der Waals surface area contributed by atoms with Crippen molar-refractivity contribution in [3.05, 3.63) is 52.5 Å². The van der Waals surface area contributed by atoms with E-state index in [4.69, 9.17) is 4.52 Å². The molecule has 3 heterocycles. The Balaban J connectivity index is 1.37. The van der Waals surface area contributed by atoms with Crippen molar-refractivity contribution in [1.82, 2.24) is 15.0 Å². The molecule has 0 N–H and O–H groups in total. The number of anilines is 1. The predicted molar refractivity (Wildman–Crippen MR) is 96.3 cm³/mol. The number of hydrogen-bond donors (Lipinski definition) is 0. The average molecular weight is 351 g/mol. The van der Waals surface area contributed by atoms with Crippen molar-refractivity contribution in [2.75, 3.05) is 31.1 Å². The van der Waals surface area contributed by atoms with Crippen LogP contribution in [0.15, 0.2) is 45.6 Å². The van der Waals surface area contributed by atoms with Gasteiger partial charge >= 0.3 is 0 Å². The van der Waals surface area contributed by atoms with Gasteiger partial charge in [0.1, 0.15) is 6.07 Å². The molecular formula is C18H17N5OS. The normalized spacial score (nSPS) is 15.2. The van der Waals surface area contributed by atoms with Crippen molar-refractivity contribution in [3.8, 4) is 17.5 Å². The van der Waals surface area contributed by atoms with Crippen LogP contribution in [0.4, 0.5) is 5.69 Å². The first-order valence-corrected chi connectivity index (χ1v) is 9.09. The summed E-state index contributed by atoms with van der Waals surface area (Å²) in [5, 5.41) is 17.3. The molecule has 0 amide bonds. The molecule has 7 heteroatoms. The minimum absolute atomic E-state index is 0.645. The van der Waals surface area contributed by atoms with Gasteiger partial charge in [-0.15, -0.1) is 0 Å². The molecule has 0 unspecified atom stereocenters. The zero-order chi connectivity index (χ0) is 17.1. The van der Waals surface area contributed by atoms with Crippen LogP contribution in [0, 0.1) is 11.3 Å². The van der Waals surface area contributed by atoms with Gasteiger partial charge in [-0.3, -0.25) is 4.90 Å². The Hall–Kier alpha value is -2.69. The third-order valence-electron chi connectivity index (χ3n) is 4.34. The van der Waals surface area contributed by atoms with Crippen molar-refractivity contribution in [2.45, 2.75) is 6.54 Å². The van der Waals surface area contributed by atoms with E-state index in [1.54, 1.807) is 11.3 Å². The van der Waals surface area contributed by atoms with Gasteiger partial charge in [0, 0.05) is 37.1 Å². The number of nitrogens with zero attached hydrogens (tertiary/aromatic N) is 5. The quantitative estimate of drug-likeness (QED) is 0.720. The van der Waals surface area contributed by atoms with E-state index in [1.807, 2.05) is 41.1 Å². The largest absolute Gasteiger partial charge is 0.368 e. The number of piperazine rings is 1. The zero-order valence-corrected chi connectivity index (χ0v) is 14.4. The van der Waals surface area contributed by atoms with Gasteiger partial charge in [-0.25, -0.2) is 0 Å². The highest BCUT2D eigenvalue weighted by atomic mass is 32.1. The standard InChI is InChI=1S/C18H17N5OS/c19-11-14-3-1-2-4-16(14)23-8-6-22(7-9-23)12-17-20-18(21-24-17)15-5-10-25-13-15/h1-5,10,13H,6-9,12H2. The van der Waals surface area contributed by atoms with Crippen LogP contribution in [-0.2, 0) is 6.54 Å². The number of hydrogen-bond acceptors (Lipinski definition) is 7. The summed E-state index contributed by atoms with van der Waals surface area (Å²) in [7, 11) is 0. The third-order valence-corrected chi connectivity index (χ3v) is 5.03. The molecule has 25 heavy (non-hydrogen) atoms. The summed E-state index contributed by atoms with van der Waals surface area (Å²) in [5.74, 6) is 1.30. The third kappa shape index (κ3) is 3.40. The second-order valence-electron chi connectivity index (χ2n) is 5.92. The maximum atomic E-state index is 9.26. The highest BCUT2D eigenvalue weighted by Crippen LogP contribution is 2.22. The first-order chi connectivity index (χ1) is 12.3.